The van der Waals surface area contributed by atoms with Gasteiger partial charge in [0.05, 0.1) is 5.54 Å². The highest BCUT2D eigenvalue weighted by Gasteiger charge is 2.39. The quantitative estimate of drug-likeness (QED) is 0.890. The largest absolute Gasteiger partial charge is 0.332 e. The number of nitrogens with one attached hydrogen (secondary N) is 1. The van der Waals surface area contributed by atoms with Gasteiger partial charge in [0.2, 0.25) is 0 Å². The zero-order valence-corrected chi connectivity index (χ0v) is 10.9. The molecule has 4 heteroatoms. The monoisotopic (exact) mass is 250 g/mol. The standard InChI is InChI=1S/C14H19FN2O/c1-14(10-16-2)7-4-8-17(14)13(18)11-5-3-6-12(15)9-11/h3,5-6,9,16H,4,7-8,10H2,1-2H3. The van der Waals surface area contributed by atoms with Gasteiger partial charge in [0.25, 0.3) is 5.91 Å². The molecule has 0 spiro atoms. The Hall–Kier alpha value is -1.42. The van der Waals surface area contributed by atoms with Crippen molar-refractivity contribution in [2.24, 2.45) is 0 Å². The zero-order chi connectivity index (χ0) is 13.2. The molecule has 0 aliphatic carbocycles. The smallest absolute Gasteiger partial charge is 0.254 e. The van der Waals surface area contributed by atoms with Crippen molar-refractivity contribution in [1.29, 1.82) is 0 Å². The van der Waals surface area contributed by atoms with Crippen molar-refractivity contribution in [2.45, 2.75) is 25.3 Å². The molecule has 2 rings (SSSR count). The molecule has 1 aliphatic heterocycles. The number of likely N-dealkylation sites (tertiary alicyclic amines) is 1. The molecule has 0 bridgehead atoms. The number of amides is 1. The van der Waals surface area contributed by atoms with E-state index in [4.69, 9.17) is 0 Å². The van der Waals surface area contributed by atoms with E-state index in [2.05, 4.69) is 12.2 Å². The second-order valence-corrected chi connectivity index (χ2v) is 5.10. The van der Waals surface area contributed by atoms with Gasteiger partial charge in [-0.15, -0.1) is 0 Å². The first-order valence-corrected chi connectivity index (χ1v) is 6.29. The maximum absolute atomic E-state index is 13.2. The lowest BCUT2D eigenvalue weighted by molar-refractivity contribution is 0.0626. The molecular formula is C14H19FN2O. The zero-order valence-electron chi connectivity index (χ0n) is 10.9. The molecule has 1 saturated heterocycles. The van der Waals surface area contributed by atoms with Crippen molar-refractivity contribution < 1.29 is 9.18 Å². The topological polar surface area (TPSA) is 32.3 Å². The highest BCUT2D eigenvalue weighted by molar-refractivity contribution is 5.95. The van der Waals surface area contributed by atoms with Gasteiger partial charge in [-0.05, 0) is 45.0 Å². The van der Waals surface area contributed by atoms with Crippen molar-refractivity contribution in [1.82, 2.24) is 10.2 Å². The number of halogens is 1. The normalized spacial score (nSPS) is 23.4. The van der Waals surface area contributed by atoms with E-state index in [0.29, 0.717) is 5.56 Å². The van der Waals surface area contributed by atoms with Crippen LogP contribution in [0.4, 0.5) is 4.39 Å². The molecule has 1 aromatic carbocycles. The van der Waals surface area contributed by atoms with Crippen LogP contribution in [0.5, 0.6) is 0 Å². The first-order valence-electron chi connectivity index (χ1n) is 6.29. The van der Waals surface area contributed by atoms with Crippen molar-refractivity contribution in [3.63, 3.8) is 0 Å². The molecule has 1 aliphatic rings. The van der Waals surface area contributed by atoms with Crippen molar-refractivity contribution in [2.75, 3.05) is 20.1 Å². The van der Waals surface area contributed by atoms with Crippen LogP contribution < -0.4 is 5.32 Å². The number of hydrogen-bond acceptors (Lipinski definition) is 2. The molecule has 1 heterocycles. The fourth-order valence-electron chi connectivity index (χ4n) is 2.71. The minimum atomic E-state index is -0.365. The number of nitrogens with zero attached hydrogens (tertiary/aromatic N) is 1. The van der Waals surface area contributed by atoms with E-state index in [1.165, 1.54) is 12.1 Å². The lowest BCUT2D eigenvalue weighted by Gasteiger charge is -2.35. The minimum Gasteiger partial charge on any atom is -0.332 e. The number of hydrogen-bond donors (Lipinski definition) is 1. The summed E-state index contributed by atoms with van der Waals surface area (Å²) >= 11 is 0. The third-order valence-corrected chi connectivity index (χ3v) is 3.62. The second-order valence-electron chi connectivity index (χ2n) is 5.10. The van der Waals surface area contributed by atoms with Crippen molar-refractivity contribution in [3.05, 3.63) is 35.6 Å². The van der Waals surface area contributed by atoms with Gasteiger partial charge >= 0.3 is 0 Å². The summed E-state index contributed by atoms with van der Waals surface area (Å²) in [7, 11) is 1.88. The van der Waals surface area contributed by atoms with E-state index in [9.17, 15) is 9.18 Å². The first-order chi connectivity index (χ1) is 8.57. The molecule has 1 fully saturated rings. The molecule has 1 aromatic rings. The first kappa shape index (κ1) is 13.0. The average molecular weight is 250 g/mol. The third-order valence-electron chi connectivity index (χ3n) is 3.62. The van der Waals surface area contributed by atoms with Gasteiger partial charge in [-0.3, -0.25) is 4.79 Å². The van der Waals surface area contributed by atoms with Crippen LogP contribution in [0.25, 0.3) is 0 Å². The average Bonchev–Trinajstić information content (AvgIpc) is 2.70. The van der Waals surface area contributed by atoms with Crippen LogP contribution in [0.3, 0.4) is 0 Å². The lowest BCUT2D eigenvalue weighted by Crippen LogP contribution is -2.50. The van der Waals surface area contributed by atoms with Gasteiger partial charge in [0.1, 0.15) is 5.82 Å². The molecule has 1 atom stereocenters. The Morgan fingerprint density at radius 3 is 3.00 bits per heavy atom. The minimum absolute atomic E-state index is 0.0789. The Kier molecular flexibility index (Phi) is 3.66. The Balaban J connectivity index is 2.23. The summed E-state index contributed by atoms with van der Waals surface area (Å²) in [6.07, 6.45) is 1.98. The summed E-state index contributed by atoms with van der Waals surface area (Å²) < 4.78 is 13.2. The summed E-state index contributed by atoms with van der Waals surface area (Å²) in [5.74, 6) is -0.444. The number of likely N-dealkylation sites (N-methyl/N-ethyl adjacent to an activating group) is 1. The van der Waals surface area contributed by atoms with Crippen LogP contribution in [0.1, 0.15) is 30.1 Å². The molecule has 1 amide bonds. The summed E-state index contributed by atoms with van der Waals surface area (Å²) in [4.78, 5) is 14.3. The van der Waals surface area contributed by atoms with Gasteiger partial charge in [-0.2, -0.15) is 0 Å². The third kappa shape index (κ3) is 2.38. The van der Waals surface area contributed by atoms with E-state index in [1.807, 2.05) is 11.9 Å². The summed E-state index contributed by atoms with van der Waals surface area (Å²) in [6, 6.07) is 5.91. The van der Waals surface area contributed by atoms with E-state index < -0.39 is 0 Å². The van der Waals surface area contributed by atoms with Gasteiger partial charge in [-0.25, -0.2) is 4.39 Å². The van der Waals surface area contributed by atoms with Crippen LogP contribution in [0.2, 0.25) is 0 Å². The number of carbonyl (C=O) groups is 1. The molecular weight excluding hydrogens is 231 g/mol. The lowest BCUT2D eigenvalue weighted by atomic mass is 9.98. The fourth-order valence-corrected chi connectivity index (χ4v) is 2.71. The van der Waals surface area contributed by atoms with Crippen LogP contribution in [0.15, 0.2) is 24.3 Å². The maximum atomic E-state index is 13.2. The molecule has 1 unspecified atom stereocenters. The highest BCUT2D eigenvalue weighted by atomic mass is 19.1. The Bertz CT molecular complexity index is 449. The van der Waals surface area contributed by atoms with E-state index in [-0.39, 0.29) is 17.3 Å². The van der Waals surface area contributed by atoms with Crippen molar-refractivity contribution >= 4 is 5.91 Å². The highest BCUT2D eigenvalue weighted by Crippen LogP contribution is 2.29. The van der Waals surface area contributed by atoms with Gasteiger partial charge in [-0.1, -0.05) is 6.07 Å². The molecule has 1 N–H and O–H groups in total. The second kappa shape index (κ2) is 5.06. The SMILES string of the molecule is CNCC1(C)CCCN1C(=O)c1cccc(F)c1. The van der Waals surface area contributed by atoms with Crippen LogP contribution in [-0.4, -0.2) is 36.5 Å². The van der Waals surface area contributed by atoms with E-state index in [0.717, 1.165) is 25.9 Å². The van der Waals surface area contributed by atoms with Gasteiger partial charge in [0, 0.05) is 18.7 Å². The Labute approximate surface area is 107 Å². The molecule has 0 radical (unpaired) electrons. The predicted octanol–water partition coefficient (Wildman–Crippen LogP) is 2.04. The summed E-state index contributed by atoms with van der Waals surface area (Å²) in [5, 5.41) is 3.13. The molecule has 0 aromatic heterocycles. The number of rotatable bonds is 3. The summed E-state index contributed by atoms with van der Waals surface area (Å²) in [6.45, 7) is 3.58. The van der Waals surface area contributed by atoms with E-state index >= 15 is 0 Å². The molecule has 3 nitrogen and oxygen atoms in total. The van der Waals surface area contributed by atoms with Gasteiger partial charge in [0.15, 0.2) is 0 Å². The summed E-state index contributed by atoms with van der Waals surface area (Å²) in [5.41, 5.74) is 0.261. The van der Waals surface area contributed by atoms with Crippen molar-refractivity contribution in [3.8, 4) is 0 Å². The molecule has 0 saturated carbocycles. The van der Waals surface area contributed by atoms with E-state index in [1.54, 1.807) is 12.1 Å². The Morgan fingerprint density at radius 2 is 2.33 bits per heavy atom. The molecule has 98 valence electrons. The van der Waals surface area contributed by atoms with Crippen LogP contribution in [0, 0.1) is 5.82 Å². The fraction of sp³-hybridized carbons (Fsp3) is 0.500. The van der Waals surface area contributed by atoms with Crippen LogP contribution >= 0.6 is 0 Å². The van der Waals surface area contributed by atoms with Gasteiger partial charge < -0.3 is 10.2 Å². The Morgan fingerprint density at radius 1 is 1.56 bits per heavy atom. The number of benzene rings is 1. The maximum Gasteiger partial charge on any atom is 0.254 e. The van der Waals surface area contributed by atoms with Crippen LogP contribution in [-0.2, 0) is 0 Å². The predicted molar refractivity (Wildman–Crippen MR) is 69.0 cm³/mol. The number of carbonyl (C=O) groups excluding carboxylic acids is 1. The molecule has 18 heavy (non-hydrogen) atoms.